The van der Waals surface area contributed by atoms with E-state index in [0.29, 0.717) is 18.2 Å². The van der Waals surface area contributed by atoms with E-state index in [4.69, 9.17) is 0 Å². The fourth-order valence-electron chi connectivity index (χ4n) is 4.87. The Hall–Kier alpha value is -1.91. The van der Waals surface area contributed by atoms with Crippen molar-refractivity contribution in [1.82, 2.24) is 9.88 Å². The summed E-state index contributed by atoms with van der Waals surface area (Å²) in [4.78, 5) is 19.0. The minimum absolute atomic E-state index is 0.0692. The summed E-state index contributed by atoms with van der Waals surface area (Å²) in [6.45, 7) is 6.52. The zero-order valence-electron chi connectivity index (χ0n) is 15.7. The van der Waals surface area contributed by atoms with E-state index >= 15 is 0 Å². The van der Waals surface area contributed by atoms with Crippen molar-refractivity contribution in [1.29, 1.82) is 0 Å². The third kappa shape index (κ3) is 3.01. The van der Waals surface area contributed by atoms with E-state index < -0.39 is 6.10 Å². The summed E-state index contributed by atoms with van der Waals surface area (Å²) >= 11 is 0. The van der Waals surface area contributed by atoms with Crippen molar-refractivity contribution in [2.45, 2.75) is 39.2 Å². The summed E-state index contributed by atoms with van der Waals surface area (Å²) in [6.07, 6.45) is 2.41. The van der Waals surface area contributed by atoms with Gasteiger partial charge in [0.25, 0.3) is 0 Å². The van der Waals surface area contributed by atoms with E-state index in [-0.39, 0.29) is 5.92 Å². The number of Topliss-reactive ketones (excluding diaryl/α,β-unsaturated/α-hetero) is 1. The summed E-state index contributed by atoms with van der Waals surface area (Å²) < 4.78 is 0. The minimum Gasteiger partial charge on any atom is -0.387 e. The van der Waals surface area contributed by atoms with Crippen LogP contribution >= 0.6 is 0 Å². The first kappa shape index (κ1) is 17.5. The predicted octanol–water partition coefficient (Wildman–Crippen LogP) is 3.30. The lowest BCUT2D eigenvalue weighted by atomic mass is 9.72. The number of rotatable bonds is 4. The molecule has 2 aliphatic rings. The number of aryl methyl sites for hydroxylation is 1. The number of nitrogens with one attached hydrogen (secondary N) is 1. The smallest absolute Gasteiger partial charge is 0.169 e. The Kier molecular flexibility index (Phi) is 4.72. The molecule has 26 heavy (non-hydrogen) atoms. The largest absolute Gasteiger partial charge is 0.387 e. The Balaban J connectivity index is 1.50. The van der Waals surface area contributed by atoms with Crippen LogP contribution < -0.4 is 0 Å². The molecule has 1 aliphatic carbocycles. The third-order valence-corrected chi connectivity index (χ3v) is 6.25. The molecule has 1 aromatic heterocycles. The lowest BCUT2D eigenvalue weighted by Crippen LogP contribution is -2.47. The number of likely N-dealkylation sites (tertiary alicyclic amines) is 1. The van der Waals surface area contributed by atoms with Crippen LogP contribution in [0.5, 0.6) is 0 Å². The van der Waals surface area contributed by atoms with Gasteiger partial charge in [-0.15, -0.1) is 0 Å². The molecule has 1 aromatic carbocycles. The maximum absolute atomic E-state index is 13.2. The predicted molar refractivity (Wildman–Crippen MR) is 102 cm³/mol. The minimum atomic E-state index is -0.497. The van der Waals surface area contributed by atoms with Gasteiger partial charge >= 0.3 is 0 Å². The standard InChI is InChI=1S/C22H28N2O2/c1-3-17-14(2)23-19-11-16-9-10-24(12-18(16)22(26)21(17)19)13-20(25)15-7-5-4-6-8-15/h4-8,16,18,20,23,25H,3,9-13H2,1-2H3/t16-,18+,20?/m0/s1. The molecule has 4 rings (SSSR count). The van der Waals surface area contributed by atoms with Crippen molar-refractivity contribution >= 4 is 5.78 Å². The van der Waals surface area contributed by atoms with Gasteiger partial charge in [-0.3, -0.25) is 9.69 Å². The van der Waals surface area contributed by atoms with Crippen LogP contribution in [0.15, 0.2) is 30.3 Å². The maximum Gasteiger partial charge on any atom is 0.169 e. The molecule has 1 aliphatic heterocycles. The number of carbonyl (C=O) groups excluding carboxylic acids is 1. The number of aliphatic hydroxyl groups is 1. The molecule has 0 saturated carbocycles. The number of piperidine rings is 1. The number of aliphatic hydroxyl groups excluding tert-OH is 1. The highest BCUT2D eigenvalue weighted by atomic mass is 16.3. The second kappa shape index (κ2) is 7.01. The van der Waals surface area contributed by atoms with Crippen molar-refractivity contribution < 1.29 is 9.90 Å². The normalized spacial score (nSPS) is 24.2. The number of hydrogen-bond acceptors (Lipinski definition) is 3. The fourth-order valence-corrected chi connectivity index (χ4v) is 4.87. The van der Waals surface area contributed by atoms with Gasteiger partial charge < -0.3 is 10.1 Å². The number of carbonyl (C=O) groups is 1. The van der Waals surface area contributed by atoms with E-state index in [0.717, 1.165) is 54.9 Å². The molecule has 2 heterocycles. The Morgan fingerprint density at radius 3 is 2.81 bits per heavy atom. The quantitative estimate of drug-likeness (QED) is 0.888. The molecule has 4 heteroatoms. The van der Waals surface area contributed by atoms with Gasteiger partial charge in [0, 0.05) is 36.0 Å². The first-order valence-corrected chi connectivity index (χ1v) is 9.78. The highest BCUT2D eigenvalue weighted by Gasteiger charge is 2.41. The van der Waals surface area contributed by atoms with Crippen molar-refractivity contribution in [2.24, 2.45) is 11.8 Å². The summed E-state index contributed by atoms with van der Waals surface area (Å²) in [5, 5.41) is 10.5. The number of benzene rings is 1. The molecule has 0 radical (unpaired) electrons. The second-order valence-electron chi connectivity index (χ2n) is 7.85. The maximum atomic E-state index is 13.2. The number of H-pyrrole nitrogens is 1. The third-order valence-electron chi connectivity index (χ3n) is 6.25. The molecule has 2 aromatic rings. The fraction of sp³-hybridized carbons (Fsp3) is 0.500. The van der Waals surface area contributed by atoms with E-state index in [1.807, 2.05) is 30.3 Å². The lowest BCUT2D eigenvalue weighted by molar-refractivity contribution is 0.0480. The Morgan fingerprint density at radius 1 is 1.31 bits per heavy atom. The number of nitrogens with zero attached hydrogens (tertiary/aromatic N) is 1. The van der Waals surface area contributed by atoms with E-state index in [1.165, 1.54) is 5.56 Å². The molecule has 1 unspecified atom stereocenters. The monoisotopic (exact) mass is 352 g/mol. The summed E-state index contributed by atoms with van der Waals surface area (Å²) in [5.74, 6) is 0.818. The van der Waals surface area contributed by atoms with Gasteiger partial charge in [0.2, 0.25) is 0 Å². The number of aromatic amines is 1. The number of fused-ring (bicyclic) bond motifs is 2. The summed E-state index contributed by atoms with van der Waals surface area (Å²) in [5.41, 5.74) is 5.42. The molecule has 0 bridgehead atoms. The molecule has 3 atom stereocenters. The van der Waals surface area contributed by atoms with Gasteiger partial charge in [-0.1, -0.05) is 37.3 Å². The molecule has 1 saturated heterocycles. The zero-order valence-corrected chi connectivity index (χ0v) is 15.7. The molecule has 0 spiro atoms. The van der Waals surface area contributed by atoms with Crippen molar-refractivity contribution in [3.63, 3.8) is 0 Å². The molecule has 4 nitrogen and oxygen atoms in total. The van der Waals surface area contributed by atoms with Gasteiger partial charge in [-0.2, -0.15) is 0 Å². The Bertz CT molecular complexity index is 796. The van der Waals surface area contributed by atoms with Crippen molar-refractivity contribution in [3.8, 4) is 0 Å². The van der Waals surface area contributed by atoms with Crippen LogP contribution in [0, 0.1) is 18.8 Å². The molecular formula is C22H28N2O2. The number of ketones is 1. The molecule has 0 amide bonds. The van der Waals surface area contributed by atoms with E-state index in [2.05, 4.69) is 23.7 Å². The van der Waals surface area contributed by atoms with Crippen LogP contribution in [0.1, 0.15) is 52.3 Å². The Morgan fingerprint density at radius 2 is 2.08 bits per heavy atom. The van der Waals surface area contributed by atoms with Gasteiger partial charge in [0.15, 0.2) is 5.78 Å². The molecule has 138 valence electrons. The highest BCUT2D eigenvalue weighted by molar-refractivity contribution is 6.02. The summed E-state index contributed by atoms with van der Waals surface area (Å²) in [6, 6.07) is 9.80. The van der Waals surface area contributed by atoms with Crippen LogP contribution in [0.25, 0.3) is 0 Å². The molecule has 2 N–H and O–H groups in total. The summed E-state index contributed by atoms with van der Waals surface area (Å²) in [7, 11) is 0. The van der Waals surface area contributed by atoms with Gasteiger partial charge in [-0.25, -0.2) is 0 Å². The van der Waals surface area contributed by atoms with Crippen LogP contribution in [-0.2, 0) is 12.8 Å². The first-order valence-electron chi connectivity index (χ1n) is 9.78. The van der Waals surface area contributed by atoms with Crippen LogP contribution in [-0.4, -0.2) is 40.4 Å². The van der Waals surface area contributed by atoms with Crippen molar-refractivity contribution in [3.05, 3.63) is 58.4 Å². The zero-order chi connectivity index (χ0) is 18.3. The first-order chi connectivity index (χ1) is 12.6. The van der Waals surface area contributed by atoms with Crippen LogP contribution in [0.2, 0.25) is 0 Å². The van der Waals surface area contributed by atoms with Gasteiger partial charge in [-0.05, 0) is 49.8 Å². The van der Waals surface area contributed by atoms with Gasteiger partial charge in [0.1, 0.15) is 0 Å². The average molecular weight is 352 g/mol. The van der Waals surface area contributed by atoms with E-state index in [9.17, 15) is 9.90 Å². The lowest BCUT2D eigenvalue weighted by Gasteiger charge is -2.41. The molecular weight excluding hydrogens is 324 g/mol. The van der Waals surface area contributed by atoms with Gasteiger partial charge in [0.05, 0.1) is 6.10 Å². The number of aromatic nitrogens is 1. The Labute approximate surface area is 155 Å². The average Bonchev–Trinajstić information content (AvgIpc) is 2.98. The topological polar surface area (TPSA) is 56.3 Å². The van der Waals surface area contributed by atoms with E-state index in [1.54, 1.807) is 0 Å². The second-order valence-corrected chi connectivity index (χ2v) is 7.85. The number of β-amino-alcohol motifs (C(OH)–C–C–N with tert-alkyl or cyclic N) is 1. The SMILES string of the molecule is CCc1c(C)[nH]c2c1C(=O)[C@@H]1CN(CC(O)c3ccccc3)CC[C@H]1C2. The number of hydrogen-bond donors (Lipinski definition) is 2. The highest BCUT2D eigenvalue weighted by Crippen LogP contribution is 2.38. The van der Waals surface area contributed by atoms with Crippen LogP contribution in [0.3, 0.4) is 0 Å². The molecule has 1 fully saturated rings. The van der Waals surface area contributed by atoms with Crippen LogP contribution in [0.4, 0.5) is 0 Å². The van der Waals surface area contributed by atoms with Crippen molar-refractivity contribution in [2.75, 3.05) is 19.6 Å².